The first-order valence-electron chi connectivity index (χ1n) is 6.41. The molecule has 0 aromatic heterocycles. The maximum Gasteiger partial charge on any atom is 0.0485 e. The standard InChI is InChI=1S/C14H24N2S/c1-4-6-11(3)14(16-15)12-7-9-13(10-8-12)17-5-2/h7-11,14,16H,4-6,15H2,1-3H3. The van der Waals surface area contributed by atoms with Gasteiger partial charge in [0.25, 0.3) is 0 Å². The van der Waals surface area contributed by atoms with Crippen molar-refractivity contribution < 1.29 is 0 Å². The predicted molar refractivity (Wildman–Crippen MR) is 77.0 cm³/mol. The van der Waals surface area contributed by atoms with E-state index < -0.39 is 0 Å². The van der Waals surface area contributed by atoms with Crippen LogP contribution in [0.25, 0.3) is 0 Å². The van der Waals surface area contributed by atoms with Gasteiger partial charge in [-0.15, -0.1) is 11.8 Å². The third-order valence-electron chi connectivity index (χ3n) is 3.04. The van der Waals surface area contributed by atoms with Gasteiger partial charge in [0.15, 0.2) is 0 Å². The van der Waals surface area contributed by atoms with Crippen molar-refractivity contribution in [2.24, 2.45) is 11.8 Å². The van der Waals surface area contributed by atoms with Crippen molar-refractivity contribution in [2.75, 3.05) is 5.75 Å². The maximum atomic E-state index is 5.68. The zero-order valence-electron chi connectivity index (χ0n) is 11.1. The summed E-state index contributed by atoms with van der Waals surface area (Å²) in [4.78, 5) is 1.33. The van der Waals surface area contributed by atoms with Crippen molar-refractivity contribution in [1.29, 1.82) is 0 Å². The molecule has 1 aromatic rings. The lowest BCUT2D eigenvalue weighted by atomic mass is 9.91. The second kappa shape index (κ2) is 7.75. The summed E-state index contributed by atoms with van der Waals surface area (Å²) in [6.45, 7) is 6.64. The van der Waals surface area contributed by atoms with Gasteiger partial charge in [-0.3, -0.25) is 11.3 Å². The van der Waals surface area contributed by atoms with Gasteiger partial charge in [-0.05, 0) is 35.8 Å². The summed E-state index contributed by atoms with van der Waals surface area (Å²) in [7, 11) is 0. The summed E-state index contributed by atoms with van der Waals surface area (Å²) in [6, 6.07) is 9.01. The van der Waals surface area contributed by atoms with Crippen molar-refractivity contribution in [3.8, 4) is 0 Å². The third-order valence-corrected chi connectivity index (χ3v) is 3.94. The molecule has 3 heteroatoms. The average Bonchev–Trinajstić information content (AvgIpc) is 2.33. The molecule has 2 nitrogen and oxygen atoms in total. The van der Waals surface area contributed by atoms with E-state index in [-0.39, 0.29) is 6.04 Å². The number of nitrogens with one attached hydrogen (secondary N) is 1. The molecular formula is C14H24N2S. The molecule has 3 N–H and O–H groups in total. The SMILES string of the molecule is CCCC(C)C(NN)c1ccc(SCC)cc1. The zero-order chi connectivity index (χ0) is 12.7. The van der Waals surface area contributed by atoms with Gasteiger partial charge in [0.1, 0.15) is 0 Å². The molecule has 0 bridgehead atoms. The fourth-order valence-electron chi connectivity index (χ4n) is 2.15. The van der Waals surface area contributed by atoms with E-state index in [4.69, 9.17) is 5.84 Å². The molecule has 1 aromatic carbocycles. The molecule has 0 saturated heterocycles. The minimum Gasteiger partial charge on any atom is -0.271 e. The highest BCUT2D eigenvalue weighted by Crippen LogP contribution is 2.26. The van der Waals surface area contributed by atoms with Crippen LogP contribution in [-0.2, 0) is 0 Å². The van der Waals surface area contributed by atoms with Crippen LogP contribution >= 0.6 is 11.8 Å². The Balaban J connectivity index is 2.74. The molecule has 0 saturated carbocycles. The van der Waals surface area contributed by atoms with E-state index in [1.165, 1.54) is 23.3 Å². The first kappa shape index (κ1) is 14.6. The summed E-state index contributed by atoms with van der Waals surface area (Å²) in [5, 5.41) is 0. The highest BCUT2D eigenvalue weighted by molar-refractivity contribution is 7.99. The lowest BCUT2D eigenvalue weighted by Gasteiger charge is -2.23. The van der Waals surface area contributed by atoms with Crippen LogP contribution in [0.1, 0.15) is 45.2 Å². The van der Waals surface area contributed by atoms with Crippen LogP contribution < -0.4 is 11.3 Å². The molecule has 0 fully saturated rings. The molecule has 96 valence electrons. The van der Waals surface area contributed by atoms with Crippen molar-refractivity contribution in [1.82, 2.24) is 5.43 Å². The first-order chi connectivity index (χ1) is 8.22. The Bertz CT molecular complexity index is 311. The quantitative estimate of drug-likeness (QED) is 0.441. The van der Waals surface area contributed by atoms with Crippen LogP contribution in [0, 0.1) is 5.92 Å². The largest absolute Gasteiger partial charge is 0.271 e. The summed E-state index contributed by atoms with van der Waals surface area (Å²) >= 11 is 1.87. The Morgan fingerprint density at radius 3 is 2.35 bits per heavy atom. The van der Waals surface area contributed by atoms with E-state index in [9.17, 15) is 0 Å². The highest BCUT2D eigenvalue weighted by atomic mass is 32.2. The van der Waals surface area contributed by atoms with Gasteiger partial charge < -0.3 is 0 Å². The number of hydrazine groups is 1. The summed E-state index contributed by atoms with van der Waals surface area (Å²) in [6.07, 6.45) is 2.39. The highest BCUT2D eigenvalue weighted by Gasteiger charge is 2.16. The lowest BCUT2D eigenvalue weighted by Crippen LogP contribution is -2.32. The molecule has 0 aliphatic heterocycles. The van der Waals surface area contributed by atoms with Crippen LogP contribution in [0.15, 0.2) is 29.2 Å². The second-order valence-electron chi connectivity index (χ2n) is 4.41. The summed E-state index contributed by atoms with van der Waals surface area (Å²) in [5.41, 5.74) is 4.23. The normalized spacial score (nSPS) is 14.6. The topological polar surface area (TPSA) is 38.0 Å². The van der Waals surface area contributed by atoms with Gasteiger partial charge >= 0.3 is 0 Å². The summed E-state index contributed by atoms with van der Waals surface area (Å²) in [5.74, 6) is 7.36. The van der Waals surface area contributed by atoms with E-state index >= 15 is 0 Å². The summed E-state index contributed by atoms with van der Waals surface area (Å²) < 4.78 is 0. The molecule has 1 rings (SSSR count). The molecule has 0 heterocycles. The zero-order valence-corrected chi connectivity index (χ0v) is 11.9. The van der Waals surface area contributed by atoms with E-state index in [0.29, 0.717) is 5.92 Å². The van der Waals surface area contributed by atoms with Crippen LogP contribution in [0.5, 0.6) is 0 Å². The van der Waals surface area contributed by atoms with Crippen LogP contribution in [-0.4, -0.2) is 5.75 Å². The molecule has 0 spiro atoms. The predicted octanol–water partition coefficient (Wildman–Crippen LogP) is 3.74. The van der Waals surface area contributed by atoms with Crippen LogP contribution in [0.2, 0.25) is 0 Å². The van der Waals surface area contributed by atoms with Crippen molar-refractivity contribution in [3.05, 3.63) is 29.8 Å². The van der Waals surface area contributed by atoms with Crippen molar-refractivity contribution in [3.63, 3.8) is 0 Å². The van der Waals surface area contributed by atoms with Gasteiger partial charge in [-0.1, -0.05) is 39.3 Å². The van der Waals surface area contributed by atoms with Crippen LogP contribution in [0.3, 0.4) is 0 Å². The van der Waals surface area contributed by atoms with E-state index in [1.54, 1.807) is 0 Å². The van der Waals surface area contributed by atoms with Gasteiger partial charge in [-0.2, -0.15) is 0 Å². The number of hydrogen-bond acceptors (Lipinski definition) is 3. The van der Waals surface area contributed by atoms with Gasteiger partial charge in [-0.25, -0.2) is 0 Å². The molecule has 0 radical (unpaired) electrons. The Morgan fingerprint density at radius 1 is 1.24 bits per heavy atom. The number of rotatable bonds is 7. The minimum absolute atomic E-state index is 0.260. The Kier molecular flexibility index (Phi) is 6.63. The number of hydrogen-bond donors (Lipinski definition) is 2. The van der Waals surface area contributed by atoms with Gasteiger partial charge in [0.05, 0.1) is 0 Å². The molecule has 0 aliphatic carbocycles. The van der Waals surface area contributed by atoms with E-state index in [0.717, 1.165) is 5.75 Å². The lowest BCUT2D eigenvalue weighted by molar-refractivity contribution is 0.368. The molecule has 17 heavy (non-hydrogen) atoms. The van der Waals surface area contributed by atoms with Gasteiger partial charge in [0.2, 0.25) is 0 Å². The molecule has 2 atom stereocenters. The van der Waals surface area contributed by atoms with Gasteiger partial charge in [0, 0.05) is 10.9 Å². The fourth-order valence-corrected chi connectivity index (χ4v) is 2.81. The number of nitrogens with two attached hydrogens (primary N) is 1. The average molecular weight is 252 g/mol. The van der Waals surface area contributed by atoms with Crippen molar-refractivity contribution in [2.45, 2.75) is 44.6 Å². The Hall–Kier alpha value is -0.510. The minimum atomic E-state index is 0.260. The van der Waals surface area contributed by atoms with Crippen molar-refractivity contribution >= 4 is 11.8 Å². The smallest absolute Gasteiger partial charge is 0.0485 e. The Morgan fingerprint density at radius 2 is 1.88 bits per heavy atom. The maximum absolute atomic E-state index is 5.68. The monoisotopic (exact) mass is 252 g/mol. The third kappa shape index (κ3) is 4.34. The molecule has 2 unspecified atom stereocenters. The first-order valence-corrected chi connectivity index (χ1v) is 7.40. The fraction of sp³-hybridized carbons (Fsp3) is 0.571. The van der Waals surface area contributed by atoms with E-state index in [1.807, 2.05) is 11.8 Å². The van der Waals surface area contributed by atoms with E-state index in [2.05, 4.69) is 50.5 Å². The number of thioether (sulfide) groups is 1. The molecular weight excluding hydrogens is 228 g/mol. The second-order valence-corrected chi connectivity index (χ2v) is 5.75. The molecule has 0 aliphatic rings. The molecule has 0 amide bonds. The van der Waals surface area contributed by atoms with Crippen LogP contribution in [0.4, 0.5) is 0 Å². The number of benzene rings is 1. The Labute approximate surface area is 109 Å².